The van der Waals surface area contributed by atoms with Crippen LogP contribution in [0.2, 0.25) is 0 Å². The fraction of sp³-hybridized carbons (Fsp3) is 0.294. The Labute approximate surface area is 140 Å². The van der Waals surface area contributed by atoms with Crippen LogP contribution >= 0.6 is 15.9 Å². The maximum Gasteiger partial charge on any atom is 0.264 e. The molecule has 2 aromatic carbocycles. The first-order chi connectivity index (χ1) is 10.3. The second-order valence-electron chi connectivity index (χ2n) is 5.90. The summed E-state index contributed by atoms with van der Waals surface area (Å²) in [7, 11) is -3.55. The molecule has 22 heavy (non-hydrogen) atoms. The molecule has 0 aliphatic carbocycles. The van der Waals surface area contributed by atoms with Crippen LogP contribution in [0.5, 0.6) is 0 Å². The van der Waals surface area contributed by atoms with Crippen LogP contribution in [-0.2, 0) is 16.4 Å². The molecule has 0 radical (unpaired) electrons. The van der Waals surface area contributed by atoms with Crippen molar-refractivity contribution in [3.63, 3.8) is 0 Å². The molecule has 0 fully saturated rings. The average molecular weight is 380 g/mol. The van der Waals surface area contributed by atoms with Gasteiger partial charge in [0.15, 0.2) is 0 Å². The normalized spacial score (nSPS) is 17.6. The number of aryl methyl sites for hydroxylation is 2. The Bertz CT molecular complexity index is 846. The molecule has 1 atom stereocenters. The van der Waals surface area contributed by atoms with Crippen molar-refractivity contribution in [1.29, 1.82) is 0 Å². The number of sulfonamides is 1. The summed E-state index contributed by atoms with van der Waals surface area (Å²) in [6.07, 6.45) is 0.735. The Hall–Kier alpha value is -1.33. The largest absolute Gasteiger partial charge is 0.264 e. The summed E-state index contributed by atoms with van der Waals surface area (Å²) < 4.78 is 28.9. The van der Waals surface area contributed by atoms with Crippen molar-refractivity contribution in [3.8, 4) is 0 Å². The lowest BCUT2D eigenvalue weighted by atomic mass is 10.1. The topological polar surface area (TPSA) is 37.4 Å². The number of halogens is 1. The van der Waals surface area contributed by atoms with Gasteiger partial charge in [0.25, 0.3) is 10.0 Å². The van der Waals surface area contributed by atoms with Gasteiger partial charge in [0.2, 0.25) is 0 Å². The Kier molecular flexibility index (Phi) is 3.81. The van der Waals surface area contributed by atoms with Crippen molar-refractivity contribution >= 4 is 31.6 Å². The lowest BCUT2D eigenvalue weighted by molar-refractivity contribution is 0.583. The number of hydrogen-bond acceptors (Lipinski definition) is 2. The fourth-order valence-electron chi connectivity index (χ4n) is 3.03. The number of anilines is 1. The molecule has 1 aliphatic rings. The van der Waals surface area contributed by atoms with Gasteiger partial charge in [-0.2, -0.15) is 0 Å². The van der Waals surface area contributed by atoms with Crippen molar-refractivity contribution in [2.75, 3.05) is 4.31 Å². The van der Waals surface area contributed by atoms with Gasteiger partial charge in [0.05, 0.1) is 10.6 Å². The van der Waals surface area contributed by atoms with Gasteiger partial charge >= 0.3 is 0 Å². The van der Waals surface area contributed by atoms with E-state index in [4.69, 9.17) is 0 Å². The van der Waals surface area contributed by atoms with Crippen LogP contribution in [-0.4, -0.2) is 14.5 Å². The minimum Gasteiger partial charge on any atom is -0.263 e. The van der Waals surface area contributed by atoms with Crippen molar-refractivity contribution in [3.05, 3.63) is 57.6 Å². The van der Waals surface area contributed by atoms with Gasteiger partial charge in [-0.05, 0) is 68.1 Å². The fourth-order valence-corrected chi connectivity index (χ4v) is 5.44. The molecule has 116 valence electrons. The molecule has 0 aromatic heterocycles. The van der Waals surface area contributed by atoms with Crippen molar-refractivity contribution in [1.82, 2.24) is 0 Å². The lowest BCUT2D eigenvalue weighted by Gasteiger charge is -2.25. The Morgan fingerprint density at radius 3 is 2.59 bits per heavy atom. The quantitative estimate of drug-likeness (QED) is 0.783. The van der Waals surface area contributed by atoms with E-state index < -0.39 is 10.0 Å². The van der Waals surface area contributed by atoms with Crippen molar-refractivity contribution in [2.45, 2.75) is 38.1 Å². The molecule has 0 bridgehead atoms. The zero-order valence-corrected chi connectivity index (χ0v) is 15.2. The highest BCUT2D eigenvalue weighted by atomic mass is 79.9. The van der Waals surface area contributed by atoms with E-state index in [9.17, 15) is 8.42 Å². The summed E-state index contributed by atoms with van der Waals surface area (Å²) in [5.41, 5.74) is 3.59. The van der Waals surface area contributed by atoms with Crippen LogP contribution in [0, 0.1) is 13.8 Å². The number of hydrogen-bond donors (Lipinski definition) is 0. The monoisotopic (exact) mass is 379 g/mol. The average Bonchev–Trinajstić information content (AvgIpc) is 2.76. The van der Waals surface area contributed by atoms with Crippen molar-refractivity contribution < 1.29 is 8.42 Å². The van der Waals surface area contributed by atoms with E-state index in [0.717, 1.165) is 33.3 Å². The minimum atomic E-state index is -3.55. The summed E-state index contributed by atoms with van der Waals surface area (Å²) in [5, 5.41) is 0. The van der Waals surface area contributed by atoms with E-state index >= 15 is 0 Å². The van der Waals surface area contributed by atoms with Gasteiger partial charge in [-0.25, -0.2) is 8.42 Å². The maximum atomic E-state index is 13.2. The molecular formula is C17H18BrNO2S. The Morgan fingerprint density at radius 1 is 1.14 bits per heavy atom. The highest BCUT2D eigenvalue weighted by Crippen LogP contribution is 2.38. The number of benzene rings is 2. The molecule has 1 aliphatic heterocycles. The maximum absolute atomic E-state index is 13.2. The summed E-state index contributed by atoms with van der Waals surface area (Å²) in [6, 6.07) is 11.3. The van der Waals surface area contributed by atoms with E-state index in [-0.39, 0.29) is 6.04 Å². The van der Waals surface area contributed by atoms with Crippen LogP contribution in [0.1, 0.15) is 23.6 Å². The van der Waals surface area contributed by atoms with Crippen LogP contribution in [0.15, 0.2) is 45.8 Å². The van der Waals surface area contributed by atoms with Gasteiger partial charge in [0.1, 0.15) is 0 Å². The number of rotatable bonds is 2. The summed E-state index contributed by atoms with van der Waals surface area (Å²) in [6.45, 7) is 5.71. The molecule has 0 amide bonds. The molecule has 0 saturated heterocycles. The van der Waals surface area contributed by atoms with Gasteiger partial charge in [-0.1, -0.05) is 28.1 Å². The van der Waals surface area contributed by atoms with E-state index in [0.29, 0.717) is 4.90 Å². The summed E-state index contributed by atoms with van der Waals surface area (Å²) in [4.78, 5) is 0.398. The zero-order chi connectivity index (χ0) is 16.1. The van der Waals surface area contributed by atoms with Gasteiger partial charge in [-0.3, -0.25) is 4.31 Å². The van der Waals surface area contributed by atoms with Crippen LogP contribution in [0.3, 0.4) is 0 Å². The minimum absolute atomic E-state index is 0.0748. The second-order valence-corrected chi connectivity index (χ2v) is 8.60. The molecular weight excluding hydrogens is 362 g/mol. The van der Waals surface area contributed by atoms with E-state index in [1.807, 2.05) is 51.1 Å². The third-order valence-corrected chi connectivity index (χ3v) is 6.64. The SMILES string of the molecule is Cc1ccc(C)c(S(=O)(=O)N2c3ccc(Br)cc3C[C@@H]2C)c1. The van der Waals surface area contributed by atoms with E-state index in [2.05, 4.69) is 15.9 Å². The predicted molar refractivity (Wildman–Crippen MR) is 92.9 cm³/mol. The molecule has 5 heteroatoms. The third kappa shape index (κ3) is 2.46. The smallest absolute Gasteiger partial charge is 0.263 e. The molecule has 2 aromatic rings. The Balaban J connectivity index is 2.16. The number of fused-ring (bicyclic) bond motifs is 1. The van der Waals surface area contributed by atoms with E-state index in [1.165, 1.54) is 0 Å². The zero-order valence-electron chi connectivity index (χ0n) is 12.8. The van der Waals surface area contributed by atoms with Gasteiger partial charge < -0.3 is 0 Å². The molecule has 0 unspecified atom stereocenters. The van der Waals surface area contributed by atoms with E-state index in [1.54, 1.807) is 10.4 Å². The molecule has 3 nitrogen and oxygen atoms in total. The molecule has 0 saturated carbocycles. The van der Waals surface area contributed by atoms with Crippen LogP contribution in [0.4, 0.5) is 5.69 Å². The van der Waals surface area contributed by atoms with Crippen LogP contribution < -0.4 is 4.31 Å². The van der Waals surface area contributed by atoms with Gasteiger partial charge in [-0.15, -0.1) is 0 Å². The van der Waals surface area contributed by atoms with Crippen molar-refractivity contribution in [2.24, 2.45) is 0 Å². The van der Waals surface area contributed by atoms with Gasteiger partial charge in [0, 0.05) is 10.5 Å². The second kappa shape index (κ2) is 5.39. The van der Waals surface area contributed by atoms with Crippen LogP contribution in [0.25, 0.3) is 0 Å². The highest BCUT2D eigenvalue weighted by molar-refractivity contribution is 9.10. The molecule has 0 spiro atoms. The summed E-state index contributed by atoms with van der Waals surface area (Å²) >= 11 is 3.45. The highest BCUT2D eigenvalue weighted by Gasteiger charge is 2.36. The number of nitrogens with zero attached hydrogens (tertiary/aromatic N) is 1. The summed E-state index contributed by atoms with van der Waals surface area (Å²) in [5.74, 6) is 0. The first kappa shape index (κ1) is 15.6. The predicted octanol–water partition coefficient (Wildman–Crippen LogP) is 4.21. The molecule has 1 heterocycles. The first-order valence-electron chi connectivity index (χ1n) is 7.21. The first-order valence-corrected chi connectivity index (χ1v) is 9.44. The lowest BCUT2D eigenvalue weighted by Crippen LogP contribution is -2.36. The standard InChI is InChI=1S/C17H18BrNO2S/c1-11-4-5-12(2)17(8-11)22(20,21)19-13(3)9-14-10-15(18)6-7-16(14)19/h4-8,10,13H,9H2,1-3H3/t13-/m0/s1. The molecule has 3 rings (SSSR count). The molecule has 0 N–H and O–H groups in total. The third-order valence-electron chi connectivity index (χ3n) is 4.08. The Morgan fingerprint density at radius 2 is 1.86 bits per heavy atom.